The second-order valence-electron chi connectivity index (χ2n) is 6.69. The molecular weight excluding hydrogens is 385 g/mol. The van der Waals surface area contributed by atoms with Crippen LogP contribution in [0.4, 0.5) is 4.39 Å². The summed E-state index contributed by atoms with van der Waals surface area (Å²) in [7, 11) is -2.62. The van der Waals surface area contributed by atoms with Crippen molar-refractivity contribution in [2.75, 3.05) is 13.7 Å². The van der Waals surface area contributed by atoms with Crippen LogP contribution in [-0.4, -0.2) is 27.8 Å². The van der Waals surface area contributed by atoms with Crippen molar-refractivity contribution in [3.63, 3.8) is 0 Å². The van der Waals surface area contributed by atoms with Crippen LogP contribution in [0.1, 0.15) is 23.7 Å². The van der Waals surface area contributed by atoms with E-state index in [-0.39, 0.29) is 11.6 Å². The number of hydrogen-bond acceptors (Lipinski definition) is 5. The van der Waals surface area contributed by atoms with Crippen LogP contribution < -0.4 is 8.92 Å². The summed E-state index contributed by atoms with van der Waals surface area (Å²) in [5, 5.41) is 0. The molecule has 0 bridgehead atoms. The van der Waals surface area contributed by atoms with Gasteiger partial charge in [0.1, 0.15) is 11.6 Å². The highest BCUT2D eigenvalue weighted by Gasteiger charge is 2.38. The number of hydrogen-bond donors (Lipinski definition) is 0. The Morgan fingerprint density at radius 3 is 2.68 bits per heavy atom. The first-order valence-corrected chi connectivity index (χ1v) is 9.99. The monoisotopic (exact) mass is 403 g/mol. The summed E-state index contributed by atoms with van der Waals surface area (Å²) in [5.41, 5.74) is 2.38. The maximum Gasteiger partial charge on any atom is 0.428 e. The third-order valence-electron chi connectivity index (χ3n) is 4.76. The number of fused-ring (bicyclic) bond motifs is 1. The van der Waals surface area contributed by atoms with E-state index in [4.69, 9.17) is 13.7 Å². The van der Waals surface area contributed by atoms with Crippen molar-refractivity contribution < 1.29 is 26.5 Å². The van der Waals surface area contributed by atoms with Crippen LogP contribution in [-0.2, 0) is 15.0 Å². The van der Waals surface area contributed by atoms with E-state index in [0.717, 1.165) is 11.1 Å². The molecule has 4 rings (SSSR count). The van der Waals surface area contributed by atoms with Gasteiger partial charge in [-0.15, -0.1) is 4.40 Å². The Morgan fingerprint density at radius 1 is 1.21 bits per heavy atom. The van der Waals surface area contributed by atoms with Gasteiger partial charge < -0.3 is 13.7 Å². The van der Waals surface area contributed by atoms with Crippen molar-refractivity contribution in [1.29, 1.82) is 0 Å². The van der Waals surface area contributed by atoms with Crippen molar-refractivity contribution in [2.45, 2.75) is 12.5 Å². The molecule has 1 unspecified atom stereocenters. The van der Waals surface area contributed by atoms with Crippen LogP contribution in [0.5, 0.6) is 11.5 Å². The minimum Gasteiger partial charge on any atom is -0.497 e. The number of nitrogens with zero attached hydrogens (tertiary/aromatic N) is 1. The molecule has 146 valence electrons. The predicted molar refractivity (Wildman–Crippen MR) is 101 cm³/mol. The zero-order valence-electron chi connectivity index (χ0n) is 15.1. The summed E-state index contributed by atoms with van der Waals surface area (Å²) in [4.78, 5) is 0. The molecule has 28 heavy (non-hydrogen) atoms. The summed E-state index contributed by atoms with van der Waals surface area (Å²) >= 11 is 0. The second kappa shape index (κ2) is 7.03. The standard InChI is InChI=1S/C20H18FNO5S/c1-12-9-17(20(26-11-12)13-3-5-14(21)6-4-13)19-16-10-15(25-2)7-8-18(16)27-28(23,24)22-19/h3-8,10,17,20H,1,9,11H2,2H3/t17?,20-/m1/s1. The lowest BCUT2D eigenvalue weighted by molar-refractivity contribution is 0.0209. The zero-order valence-corrected chi connectivity index (χ0v) is 15.9. The number of rotatable bonds is 3. The van der Waals surface area contributed by atoms with E-state index < -0.39 is 22.3 Å². The Balaban J connectivity index is 1.84. The average molecular weight is 403 g/mol. The molecule has 2 aliphatic rings. The van der Waals surface area contributed by atoms with Gasteiger partial charge in [-0.1, -0.05) is 24.3 Å². The minimum absolute atomic E-state index is 0.180. The predicted octanol–water partition coefficient (Wildman–Crippen LogP) is 3.59. The fourth-order valence-electron chi connectivity index (χ4n) is 3.50. The summed E-state index contributed by atoms with van der Waals surface area (Å²) in [5.74, 6) is -0.0686. The maximum absolute atomic E-state index is 13.4. The molecule has 2 heterocycles. The van der Waals surface area contributed by atoms with Gasteiger partial charge in [-0.3, -0.25) is 0 Å². The third-order valence-corrected chi connectivity index (χ3v) is 5.57. The highest BCUT2D eigenvalue weighted by atomic mass is 32.2. The SMILES string of the molecule is C=C1CO[C@H](c2ccc(F)cc2)C(C2=NS(=O)(=O)Oc3ccc(OC)cc32)C1. The fraction of sp³-hybridized carbons (Fsp3) is 0.250. The molecule has 0 N–H and O–H groups in total. The summed E-state index contributed by atoms with van der Waals surface area (Å²) < 4.78 is 58.0. The van der Waals surface area contributed by atoms with E-state index in [0.29, 0.717) is 30.1 Å². The molecule has 2 aromatic carbocycles. The van der Waals surface area contributed by atoms with Gasteiger partial charge in [0.15, 0.2) is 5.75 Å². The lowest BCUT2D eigenvalue weighted by Gasteiger charge is -2.35. The van der Waals surface area contributed by atoms with Crippen molar-refractivity contribution in [3.8, 4) is 11.5 Å². The van der Waals surface area contributed by atoms with Crippen LogP contribution >= 0.6 is 0 Å². The van der Waals surface area contributed by atoms with Gasteiger partial charge in [-0.2, -0.15) is 8.42 Å². The van der Waals surface area contributed by atoms with E-state index >= 15 is 0 Å². The van der Waals surface area contributed by atoms with Gasteiger partial charge in [-0.05, 0) is 42.3 Å². The van der Waals surface area contributed by atoms with E-state index in [1.165, 1.54) is 25.3 Å². The molecule has 1 fully saturated rings. The maximum atomic E-state index is 13.4. The van der Waals surface area contributed by atoms with Crippen molar-refractivity contribution >= 4 is 16.0 Å². The van der Waals surface area contributed by atoms with Crippen molar-refractivity contribution in [1.82, 2.24) is 0 Å². The Labute approximate surface area is 162 Å². The molecule has 8 heteroatoms. The number of benzene rings is 2. The van der Waals surface area contributed by atoms with Gasteiger partial charge in [-0.25, -0.2) is 4.39 Å². The highest BCUT2D eigenvalue weighted by Crippen LogP contribution is 2.42. The molecule has 2 aromatic rings. The van der Waals surface area contributed by atoms with Crippen LogP contribution in [0.2, 0.25) is 0 Å². The molecule has 1 saturated heterocycles. The zero-order chi connectivity index (χ0) is 19.9. The Hall–Kier alpha value is -2.71. The van der Waals surface area contributed by atoms with E-state index in [1.807, 2.05) is 0 Å². The first kappa shape index (κ1) is 18.6. The Kier molecular flexibility index (Phi) is 4.68. The van der Waals surface area contributed by atoms with Crippen LogP contribution in [0.15, 0.2) is 59.0 Å². The van der Waals surface area contributed by atoms with E-state index in [1.54, 1.807) is 24.3 Å². The second-order valence-corrected chi connectivity index (χ2v) is 7.90. The van der Waals surface area contributed by atoms with Crippen molar-refractivity contribution in [3.05, 3.63) is 71.6 Å². The topological polar surface area (TPSA) is 74.2 Å². The van der Waals surface area contributed by atoms with Gasteiger partial charge >= 0.3 is 10.3 Å². The Morgan fingerprint density at radius 2 is 1.96 bits per heavy atom. The van der Waals surface area contributed by atoms with Gasteiger partial charge in [0.05, 0.1) is 25.5 Å². The number of methoxy groups -OCH3 is 1. The molecule has 0 saturated carbocycles. The smallest absolute Gasteiger partial charge is 0.428 e. The quantitative estimate of drug-likeness (QED) is 0.732. The van der Waals surface area contributed by atoms with Crippen molar-refractivity contribution in [2.24, 2.45) is 10.3 Å². The summed E-state index contributed by atoms with van der Waals surface area (Å²) in [6.07, 6.45) is -0.0234. The average Bonchev–Trinajstić information content (AvgIpc) is 2.67. The molecule has 6 nitrogen and oxygen atoms in total. The van der Waals surface area contributed by atoms with Crippen LogP contribution in [0, 0.1) is 11.7 Å². The highest BCUT2D eigenvalue weighted by molar-refractivity contribution is 7.86. The molecule has 2 aliphatic heterocycles. The molecule has 0 aromatic heterocycles. The number of halogens is 1. The molecule has 0 radical (unpaired) electrons. The normalized spacial score (nSPS) is 23.4. The van der Waals surface area contributed by atoms with E-state index in [9.17, 15) is 12.8 Å². The van der Waals surface area contributed by atoms with Gasteiger partial charge in [0.25, 0.3) is 0 Å². The lowest BCUT2D eigenvalue weighted by Crippen LogP contribution is -2.33. The minimum atomic E-state index is -4.14. The van der Waals surface area contributed by atoms with Gasteiger partial charge in [0, 0.05) is 11.5 Å². The molecular formula is C20H18FNO5S. The van der Waals surface area contributed by atoms with E-state index in [2.05, 4.69) is 11.0 Å². The summed E-state index contributed by atoms with van der Waals surface area (Å²) in [6.45, 7) is 4.32. The van der Waals surface area contributed by atoms with Crippen LogP contribution in [0.3, 0.4) is 0 Å². The molecule has 0 aliphatic carbocycles. The number of ether oxygens (including phenoxy) is 2. The molecule has 2 atom stereocenters. The first-order valence-electron chi connectivity index (χ1n) is 8.63. The largest absolute Gasteiger partial charge is 0.497 e. The first-order chi connectivity index (χ1) is 13.4. The third kappa shape index (κ3) is 3.53. The van der Waals surface area contributed by atoms with Gasteiger partial charge in [0.2, 0.25) is 0 Å². The Bertz CT molecular complexity index is 1060. The fourth-order valence-corrected chi connectivity index (χ4v) is 4.38. The molecule has 0 spiro atoms. The van der Waals surface area contributed by atoms with Crippen LogP contribution in [0.25, 0.3) is 0 Å². The summed E-state index contributed by atoms with van der Waals surface area (Å²) in [6, 6.07) is 10.8. The lowest BCUT2D eigenvalue weighted by atomic mass is 9.81. The molecule has 0 amide bonds.